The van der Waals surface area contributed by atoms with E-state index >= 15 is 0 Å². The van der Waals surface area contributed by atoms with Crippen molar-refractivity contribution < 1.29 is 0 Å². The molecule has 0 aliphatic heterocycles. The van der Waals surface area contributed by atoms with Crippen LogP contribution in [0.2, 0.25) is 39.3 Å². The fourth-order valence-electron chi connectivity index (χ4n) is 1.73. The Morgan fingerprint density at radius 2 is 1.05 bits per heavy atom. The molecule has 0 atom stereocenters. The lowest BCUT2D eigenvalue weighted by Crippen LogP contribution is -2.16. The normalized spacial score (nSPS) is 11.4. The maximum atomic E-state index is 4.38. The third-order valence-corrected chi connectivity index (χ3v) is 4.50. The molecule has 0 aliphatic carbocycles. The molecule has 112 valence electrons. The first-order valence-electron chi connectivity index (χ1n) is 7.45. The van der Waals surface area contributed by atoms with Crippen LogP contribution in [-0.4, -0.2) is 26.1 Å². The predicted octanol–water partition coefficient (Wildman–Crippen LogP) is 4.09. The molecule has 2 aromatic rings. The number of hydrogen-bond donors (Lipinski definition) is 0. The highest BCUT2D eigenvalue weighted by atomic mass is 28.3. The summed E-state index contributed by atoms with van der Waals surface area (Å²) in [5, 5.41) is 0. The molecule has 0 N–H and O–H groups in total. The van der Waals surface area contributed by atoms with Crippen molar-refractivity contribution in [2.45, 2.75) is 39.3 Å². The molecule has 1 aromatic carbocycles. The van der Waals surface area contributed by atoms with E-state index in [0.717, 1.165) is 22.2 Å². The molecule has 0 bridgehead atoms. The van der Waals surface area contributed by atoms with Gasteiger partial charge in [0.2, 0.25) is 0 Å². The van der Waals surface area contributed by atoms with Gasteiger partial charge in [0.15, 0.2) is 0 Å². The molecule has 0 unspecified atom stereocenters. The van der Waals surface area contributed by atoms with Gasteiger partial charge in [-0.05, 0) is 12.1 Å². The molecule has 1 heterocycles. The van der Waals surface area contributed by atoms with Crippen molar-refractivity contribution in [3.8, 4) is 22.9 Å². The van der Waals surface area contributed by atoms with E-state index in [2.05, 4.69) is 72.2 Å². The van der Waals surface area contributed by atoms with Crippen molar-refractivity contribution >= 4 is 27.2 Å². The smallest absolute Gasteiger partial charge is 0.129 e. The summed E-state index contributed by atoms with van der Waals surface area (Å²) in [5.74, 6) is 6.68. The van der Waals surface area contributed by atoms with Crippen LogP contribution in [0.15, 0.2) is 24.5 Å². The van der Waals surface area contributed by atoms with Crippen LogP contribution in [0.25, 0.3) is 11.0 Å². The van der Waals surface area contributed by atoms with E-state index < -0.39 is 16.1 Å². The maximum absolute atomic E-state index is 4.38. The van der Waals surface area contributed by atoms with Gasteiger partial charge in [0, 0.05) is 23.5 Å². The summed E-state index contributed by atoms with van der Waals surface area (Å²) in [5.41, 5.74) is 10.5. The number of hydrogen-bond acceptors (Lipinski definition) is 2. The van der Waals surface area contributed by atoms with Crippen LogP contribution in [0.3, 0.4) is 0 Å². The fraction of sp³-hybridized carbons (Fsp3) is 0.333. The van der Waals surface area contributed by atoms with E-state index in [9.17, 15) is 0 Å². The molecule has 2 nitrogen and oxygen atoms in total. The number of aromatic nitrogens is 2. The molecule has 2 rings (SSSR count). The van der Waals surface area contributed by atoms with Gasteiger partial charge in [-0.25, -0.2) is 0 Å². The lowest BCUT2D eigenvalue weighted by molar-refractivity contribution is 1.29. The van der Waals surface area contributed by atoms with Crippen molar-refractivity contribution in [1.29, 1.82) is 0 Å². The van der Waals surface area contributed by atoms with Crippen LogP contribution in [0.4, 0.5) is 0 Å². The summed E-state index contributed by atoms with van der Waals surface area (Å²) < 4.78 is 0. The standard InChI is InChI=1S/C18H22N2Si2/c1-21(2,3)11-7-15-13-17-18(20-10-9-19-17)14-16(15)8-12-22(4,5)6/h9-10,13-14H,1-6H3. The Balaban J connectivity index is 2.63. The summed E-state index contributed by atoms with van der Waals surface area (Å²) in [7, 11) is -2.85. The van der Waals surface area contributed by atoms with Crippen LogP contribution < -0.4 is 0 Å². The van der Waals surface area contributed by atoms with Gasteiger partial charge in [-0.1, -0.05) is 51.1 Å². The fourth-order valence-corrected chi connectivity index (χ4v) is 2.75. The Morgan fingerprint density at radius 1 is 0.682 bits per heavy atom. The average Bonchev–Trinajstić information content (AvgIpc) is 2.40. The summed E-state index contributed by atoms with van der Waals surface area (Å²) >= 11 is 0. The zero-order valence-electron chi connectivity index (χ0n) is 14.2. The van der Waals surface area contributed by atoms with Crippen LogP contribution in [0.5, 0.6) is 0 Å². The van der Waals surface area contributed by atoms with E-state index in [1.54, 1.807) is 12.4 Å². The van der Waals surface area contributed by atoms with Crippen LogP contribution in [-0.2, 0) is 0 Å². The number of nitrogens with zero attached hydrogens (tertiary/aromatic N) is 2. The minimum absolute atomic E-state index is 0.876. The average molecular weight is 323 g/mol. The first-order valence-corrected chi connectivity index (χ1v) is 14.5. The van der Waals surface area contributed by atoms with Gasteiger partial charge in [0.25, 0.3) is 0 Å². The van der Waals surface area contributed by atoms with Crippen LogP contribution >= 0.6 is 0 Å². The van der Waals surface area contributed by atoms with Crippen molar-refractivity contribution in [2.75, 3.05) is 0 Å². The Hall–Kier alpha value is -1.89. The van der Waals surface area contributed by atoms with Crippen LogP contribution in [0.1, 0.15) is 11.1 Å². The Labute approximate surface area is 135 Å². The molecule has 4 heteroatoms. The van der Waals surface area contributed by atoms with Gasteiger partial charge in [-0.3, -0.25) is 9.97 Å². The van der Waals surface area contributed by atoms with Crippen molar-refractivity contribution in [3.05, 3.63) is 35.7 Å². The second-order valence-electron chi connectivity index (χ2n) is 7.44. The molecule has 22 heavy (non-hydrogen) atoms. The molecular weight excluding hydrogens is 300 g/mol. The quantitative estimate of drug-likeness (QED) is 0.539. The zero-order chi connectivity index (χ0) is 16.4. The largest absolute Gasteiger partial charge is 0.253 e. The molecular formula is C18H22N2Si2. The summed E-state index contributed by atoms with van der Waals surface area (Å²) in [6, 6.07) is 4.04. The molecule has 0 radical (unpaired) electrons. The highest BCUT2D eigenvalue weighted by Gasteiger charge is 2.10. The number of rotatable bonds is 0. The van der Waals surface area contributed by atoms with Gasteiger partial charge < -0.3 is 0 Å². The van der Waals surface area contributed by atoms with Gasteiger partial charge >= 0.3 is 0 Å². The predicted molar refractivity (Wildman–Crippen MR) is 100.0 cm³/mol. The lowest BCUT2D eigenvalue weighted by Gasteiger charge is -2.06. The Morgan fingerprint density at radius 3 is 1.36 bits per heavy atom. The molecule has 0 saturated heterocycles. The zero-order valence-corrected chi connectivity index (χ0v) is 16.2. The Kier molecular flexibility index (Phi) is 4.56. The van der Waals surface area contributed by atoms with Crippen molar-refractivity contribution in [2.24, 2.45) is 0 Å². The van der Waals surface area contributed by atoms with Gasteiger partial charge in [-0.15, -0.1) is 11.1 Å². The minimum Gasteiger partial charge on any atom is -0.253 e. The topological polar surface area (TPSA) is 25.8 Å². The molecule has 0 fully saturated rings. The van der Waals surface area contributed by atoms with Crippen molar-refractivity contribution in [3.63, 3.8) is 0 Å². The van der Waals surface area contributed by atoms with Gasteiger partial charge in [-0.2, -0.15) is 0 Å². The summed E-state index contributed by atoms with van der Waals surface area (Å²) in [6.45, 7) is 13.5. The highest BCUT2D eigenvalue weighted by Crippen LogP contribution is 2.16. The first kappa shape index (κ1) is 16.5. The molecule has 0 aliphatic rings. The van der Waals surface area contributed by atoms with Crippen LogP contribution in [0, 0.1) is 22.9 Å². The van der Waals surface area contributed by atoms with Crippen molar-refractivity contribution in [1.82, 2.24) is 9.97 Å². The summed E-state index contributed by atoms with van der Waals surface area (Å²) in [4.78, 5) is 8.76. The third kappa shape index (κ3) is 4.84. The first-order chi connectivity index (χ1) is 10.1. The second kappa shape index (κ2) is 6.08. The van der Waals surface area contributed by atoms with E-state index in [1.165, 1.54) is 0 Å². The van der Waals surface area contributed by atoms with E-state index in [1.807, 2.05) is 12.1 Å². The number of benzene rings is 1. The van der Waals surface area contributed by atoms with E-state index in [-0.39, 0.29) is 0 Å². The molecule has 1 aromatic heterocycles. The van der Waals surface area contributed by atoms with Gasteiger partial charge in [0.1, 0.15) is 16.1 Å². The second-order valence-corrected chi connectivity index (χ2v) is 16.9. The van der Waals surface area contributed by atoms with Gasteiger partial charge in [0.05, 0.1) is 11.0 Å². The molecule has 0 amide bonds. The number of fused-ring (bicyclic) bond motifs is 1. The third-order valence-electron chi connectivity index (χ3n) is 2.75. The highest BCUT2D eigenvalue weighted by molar-refractivity contribution is 6.84. The summed E-state index contributed by atoms with van der Waals surface area (Å²) in [6.07, 6.45) is 3.43. The Bertz CT molecular complexity index is 749. The van der Waals surface area contributed by atoms with E-state index in [4.69, 9.17) is 0 Å². The minimum atomic E-state index is -1.43. The maximum Gasteiger partial charge on any atom is 0.129 e. The monoisotopic (exact) mass is 322 g/mol. The molecule has 0 saturated carbocycles. The SMILES string of the molecule is C[Si](C)(C)C#Cc1cc2nccnc2cc1C#C[Si](C)(C)C. The lowest BCUT2D eigenvalue weighted by atomic mass is 10.1. The van der Waals surface area contributed by atoms with E-state index in [0.29, 0.717) is 0 Å². The molecule has 0 spiro atoms.